The van der Waals surface area contributed by atoms with E-state index in [1.54, 1.807) is 0 Å². The van der Waals surface area contributed by atoms with Crippen LogP contribution in [0.4, 0.5) is 39.5 Å². The highest BCUT2D eigenvalue weighted by Gasteiger charge is 2.79. The van der Waals surface area contributed by atoms with E-state index in [0.29, 0.717) is 0 Å². The first kappa shape index (κ1) is 13.4. The van der Waals surface area contributed by atoms with Crippen LogP contribution in [0, 0.1) is 0 Å². The van der Waals surface area contributed by atoms with E-state index in [1.807, 2.05) is 0 Å². The molecule has 82 valence electrons. The minimum atomic E-state index is -6.89. The predicted molar refractivity (Wildman–Crippen MR) is 26.7 cm³/mol. The molecule has 10 heteroatoms. The van der Waals surface area contributed by atoms with Gasteiger partial charge < -0.3 is 0 Å². The van der Waals surface area contributed by atoms with E-state index in [0.717, 1.165) is 0 Å². The lowest BCUT2D eigenvalue weighted by Crippen LogP contribution is -2.61. The molecule has 0 spiro atoms. The number of alkyl halides is 9. The Balaban J connectivity index is 5.30. The predicted octanol–water partition coefficient (Wildman–Crippen LogP) is 2.58. The Morgan fingerprint density at radius 2 is 0.857 bits per heavy atom. The van der Waals surface area contributed by atoms with Crippen molar-refractivity contribution < 1.29 is 39.5 Å². The van der Waals surface area contributed by atoms with Crippen LogP contribution in [0.15, 0.2) is 0 Å². The fourth-order valence-corrected chi connectivity index (χ4v) is 0.387. The third-order valence-corrected chi connectivity index (χ3v) is 1.17. The van der Waals surface area contributed by atoms with Gasteiger partial charge in [-0.25, -0.2) is 8.78 Å². The van der Waals surface area contributed by atoms with Crippen molar-refractivity contribution in [2.75, 3.05) is 0 Å². The molecule has 0 N–H and O–H groups in total. The summed E-state index contributed by atoms with van der Waals surface area (Å²) in [5, 5.41) is 0. The van der Waals surface area contributed by atoms with Crippen LogP contribution in [-0.2, 0) is 0 Å². The Kier molecular flexibility index (Phi) is 2.84. The van der Waals surface area contributed by atoms with Crippen LogP contribution < -0.4 is 0 Å². The molecule has 0 aromatic rings. The largest absolute Gasteiger partial charge is 0.460 e. The zero-order chi connectivity index (χ0) is 12.0. The second-order valence-electron chi connectivity index (χ2n) is 2.27. The van der Waals surface area contributed by atoms with E-state index in [9.17, 15) is 39.5 Å². The third kappa shape index (κ3) is 1.78. The molecule has 0 aliphatic heterocycles. The van der Waals surface area contributed by atoms with Gasteiger partial charge in [-0.3, -0.25) is 0 Å². The van der Waals surface area contributed by atoms with Crippen LogP contribution in [0.5, 0.6) is 0 Å². The Bertz CT molecular complexity index is 186. The van der Waals surface area contributed by atoms with Gasteiger partial charge in [0.1, 0.15) is 0 Å². The molecule has 0 atom stereocenters. The summed E-state index contributed by atoms with van der Waals surface area (Å²) in [6, 6.07) is 0. The molecule has 0 aliphatic carbocycles. The van der Waals surface area contributed by atoms with Gasteiger partial charge in [0.25, 0.3) is 5.82 Å². The van der Waals surface area contributed by atoms with E-state index in [-0.39, 0.29) is 0 Å². The van der Waals surface area contributed by atoms with Crippen molar-refractivity contribution in [1.82, 2.24) is 0 Å². The average molecular weight is 230 g/mol. The highest BCUT2D eigenvalue weighted by atomic mass is 19.4. The zero-order valence-corrected chi connectivity index (χ0v) is 5.98. The van der Waals surface area contributed by atoms with Crippen LogP contribution in [0.2, 0.25) is 0 Å². The molecule has 0 rings (SSSR count). The van der Waals surface area contributed by atoms with Gasteiger partial charge in [0.15, 0.2) is 7.85 Å². The Morgan fingerprint density at radius 1 is 0.571 bits per heavy atom. The summed E-state index contributed by atoms with van der Waals surface area (Å²) in [7, 11) is 3.23. The normalized spacial score (nSPS) is 15.8. The maximum Gasteiger partial charge on any atom is 0.460 e. The van der Waals surface area contributed by atoms with Crippen LogP contribution >= 0.6 is 0 Å². The van der Waals surface area contributed by atoms with Crippen molar-refractivity contribution in [3.05, 3.63) is 0 Å². The fourth-order valence-electron chi connectivity index (χ4n) is 0.387. The smallest absolute Gasteiger partial charge is 0.212 e. The maximum atomic E-state index is 11.9. The van der Waals surface area contributed by atoms with E-state index < -0.39 is 23.8 Å². The standard InChI is InChI=1S/C4BF9/c5-3(10,11)1(6,7)2(8,9)4(12,13)14. The van der Waals surface area contributed by atoms with Gasteiger partial charge in [-0.05, 0) is 0 Å². The topological polar surface area (TPSA) is 0 Å². The molecular formula is C4BF9. The summed E-state index contributed by atoms with van der Waals surface area (Å²) >= 11 is 0. The summed E-state index contributed by atoms with van der Waals surface area (Å²) in [5.41, 5.74) is 0. The quantitative estimate of drug-likeness (QED) is 0.505. The summed E-state index contributed by atoms with van der Waals surface area (Å²) in [6.45, 7) is 0. The van der Waals surface area contributed by atoms with Crippen molar-refractivity contribution >= 4 is 7.85 Å². The monoisotopic (exact) mass is 230 g/mol. The lowest BCUT2D eigenvalue weighted by molar-refractivity contribution is -0.382. The Morgan fingerprint density at radius 3 is 0.929 bits per heavy atom. The van der Waals surface area contributed by atoms with Gasteiger partial charge in [0, 0.05) is 0 Å². The number of hydrogen-bond donors (Lipinski definition) is 0. The first-order valence-corrected chi connectivity index (χ1v) is 2.74. The molecule has 0 fully saturated rings. The van der Waals surface area contributed by atoms with Gasteiger partial charge in [-0.15, -0.1) is 0 Å². The van der Waals surface area contributed by atoms with E-state index in [4.69, 9.17) is 0 Å². The second-order valence-corrected chi connectivity index (χ2v) is 2.27. The van der Waals surface area contributed by atoms with Crippen LogP contribution in [0.3, 0.4) is 0 Å². The number of rotatable bonds is 2. The van der Waals surface area contributed by atoms with Crippen molar-refractivity contribution in [3.63, 3.8) is 0 Å². The van der Waals surface area contributed by atoms with Gasteiger partial charge in [0.05, 0.1) is 0 Å². The van der Waals surface area contributed by atoms with Crippen molar-refractivity contribution in [1.29, 1.82) is 0 Å². The third-order valence-electron chi connectivity index (χ3n) is 1.17. The molecule has 0 bridgehead atoms. The average Bonchev–Trinajstić information content (AvgIpc) is 1.81. The second kappa shape index (κ2) is 2.96. The zero-order valence-electron chi connectivity index (χ0n) is 5.98. The summed E-state index contributed by atoms with van der Waals surface area (Å²) < 4.78 is 104. The van der Waals surface area contributed by atoms with Crippen LogP contribution in [0.1, 0.15) is 0 Å². The lowest BCUT2D eigenvalue weighted by Gasteiger charge is -2.32. The van der Waals surface area contributed by atoms with Gasteiger partial charge in [0.2, 0.25) is 0 Å². The van der Waals surface area contributed by atoms with E-state index >= 15 is 0 Å². The Hall–Kier alpha value is -0.565. The molecule has 0 heterocycles. The van der Waals surface area contributed by atoms with E-state index in [1.165, 1.54) is 0 Å². The minimum Gasteiger partial charge on any atom is -0.212 e. The molecule has 0 nitrogen and oxygen atoms in total. The molecular weight excluding hydrogens is 230 g/mol. The molecule has 0 aromatic carbocycles. The molecule has 0 amide bonds. The van der Waals surface area contributed by atoms with Gasteiger partial charge >= 0.3 is 18.0 Å². The highest BCUT2D eigenvalue weighted by Crippen LogP contribution is 2.51. The van der Waals surface area contributed by atoms with Gasteiger partial charge in [-0.1, -0.05) is 0 Å². The van der Waals surface area contributed by atoms with E-state index in [2.05, 4.69) is 7.85 Å². The van der Waals surface area contributed by atoms with Crippen molar-refractivity contribution in [2.24, 2.45) is 0 Å². The number of halogens is 9. The summed E-state index contributed by atoms with van der Waals surface area (Å²) in [6.07, 6.45) is -6.81. The van der Waals surface area contributed by atoms with Crippen molar-refractivity contribution in [3.8, 4) is 0 Å². The fraction of sp³-hybridized carbons (Fsp3) is 1.00. The van der Waals surface area contributed by atoms with Crippen LogP contribution in [0.25, 0.3) is 0 Å². The molecule has 0 saturated carbocycles. The molecule has 2 radical (unpaired) electrons. The first-order valence-electron chi connectivity index (χ1n) is 2.74. The SMILES string of the molecule is [B]C(F)(F)C(F)(F)C(F)(F)C(F)(F)F. The summed E-state index contributed by atoms with van der Waals surface area (Å²) in [5.74, 6) is -19.6. The van der Waals surface area contributed by atoms with Gasteiger partial charge in [-0.2, -0.15) is 30.7 Å². The highest BCUT2D eigenvalue weighted by molar-refractivity contribution is 6.14. The molecule has 14 heavy (non-hydrogen) atoms. The number of hydrogen-bond acceptors (Lipinski definition) is 0. The molecule has 0 aliphatic rings. The maximum absolute atomic E-state index is 11.9. The molecule has 0 unspecified atom stereocenters. The Labute approximate surface area is 72.5 Å². The first-order chi connectivity index (χ1) is 5.75. The van der Waals surface area contributed by atoms with Crippen molar-refractivity contribution in [2.45, 2.75) is 23.8 Å². The summed E-state index contributed by atoms with van der Waals surface area (Å²) in [4.78, 5) is 0. The lowest BCUT2D eigenvalue weighted by atomic mass is 9.88. The molecule has 0 saturated heterocycles. The molecule has 0 aromatic heterocycles. The minimum absolute atomic E-state index is 3.23. The van der Waals surface area contributed by atoms with Crippen LogP contribution in [-0.4, -0.2) is 31.7 Å².